The molecule has 7 nitrogen and oxygen atoms in total. The molecule has 0 radical (unpaired) electrons. The molecule has 1 atom stereocenters. The second-order valence-electron chi connectivity index (χ2n) is 7.94. The first-order valence-electron chi connectivity index (χ1n) is 11.4. The summed E-state index contributed by atoms with van der Waals surface area (Å²) in [5, 5.41) is 3.47. The summed E-state index contributed by atoms with van der Waals surface area (Å²) in [6.45, 7) is 4.07. The molecule has 1 N–H and O–H groups in total. The van der Waals surface area contributed by atoms with Crippen molar-refractivity contribution in [1.82, 2.24) is 5.32 Å². The lowest BCUT2D eigenvalue weighted by molar-refractivity contribution is -0.136. The van der Waals surface area contributed by atoms with Gasteiger partial charge in [0.15, 0.2) is 5.75 Å². The lowest BCUT2D eigenvalue weighted by Gasteiger charge is -2.18. The third-order valence-corrected chi connectivity index (χ3v) is 5.54. The Morgan fingerprint density at radius 1 is 1.09 bits per heavy atom. The van der Waals surface area contributed by atoms with Crippen LogP contribution in [0, 0.1) is 0 Å². The van der Waals surface area contributed by atoms with Gasteiger partial charge in [0.05, 0.1) is 5.02 Å². The summed E-state index contributed by atoms with van der Waals surface area (Å²) >= 11 is 6.38. The van der Waals surface area contributed by atoms with Crippen LogP contribution >= 0.6 is 11.6 Å². The summed E-state index contributed by atoms with van der Waals surface area (Å²) in [5.74, 6) is -0.629. The molecule has 3 rings (SSSR count). The predicted octanol–water partition coefficient (Wildman–Crippen LogP) is 5.79. The zero-order valence-corrected chi connectivity index (χ0v) is 20.0. The molecule has 180 valence electrons. The minimum Gasteiger partial charge on any atom is -0.445 e. The van der Waals surface area contributed by atoms with Crippen molar-refractivity contribution in [1.29, 1.82) is 0 Å². The molecule has 1 amide bonds. The molecule has 3 aromatic rings. The van der Waals surface area contributed by atoms with Crippen LogP contribution in [0.15, 0.2) is 57.7 Å². The monoisotopic (exact) mass is 485 g/mol. The van der Waals surface area contributed by atoms with Crippen LogP contribution in [0.25, 0.3) is 11.0 Å². The number of fused-ring (bicyclic) bond motifs is 1. The average Bonchev–Trinajstić information content (AvgIpc) is 2.82. The number of amides is 1. The minimum absolute atomic E-state index is 0.0527. The van der Waals surface area contributed by atoms with Gasteiger partial charge in [-0.1, -0.05) is 75.0 Å². The Kier molecular flexibility index (Phi) is 9.10. The highest BCUT2D eigenvalue weighted by Crippen LogP contribution is 2.32. The van der Waals surface area contributed by atoms with Crippen molar-refractivity contribution in [2.45, 2.75) is 58.6 Å². The summed E-state index contributed by atoms with van der Waals surface area (Å²) < 4.78 is 16.0. The number of alkyl carbamates (subject to hydrolysis) is 1. The Balaban J connectivity index is 1.74. The molecule has 1 unspecified atom stereocenters. The number of hydrogen-bond acceptors (Lipinski definition) is 6. The first-order chi connectivity index (χ1) is 16.4. The van der Waals surface area contributed by atoms with Crippen LogP contribution in [0.4, 0.5) is 4.79 Å². The number of aryl methyl sites for hydroxylation is 1. The molecule has 0 aliphatic carbocycles. The second-order valence-corrected chi connectivity index (χ2v) is 8.35. The maximum Gasteiger partial charge on any atom is 0.408 e. The maximum atomic E-state index is 12.9. The van der Waals surface area contributed by atoms with Gasteiger partial charge >= 0.3 is 17.7 Å². The molecule has 0 fully saturated rings. The number of halogens is 1. The predicted molar refractivity (Wildman–Crippen MR) is 130 cm³/mol. The number of benzene rings is 2. The topological polar surface area (TPSA) is 94.8 Å². The molecule has 0 aliphatic rings. The largest absolute Gasteiger partial charge is 0.445 e. The lowest BCUT2D eigenvalue weighted by atomic mass is 10.1. The Bertz CT molecular complexity index is 1190. The molecule has 0 spiro atoms. The van der Waals surface area contributed by atoms with Crippen molar-refractivity contribution in [3.63, 3.8) is 0 Å². The van der Waals surface area contributed by atoms with E-state index in [0.717, 1.165) is 24.0 Å². The molecule has 2 aromatic carbocycles. The van der Waals surface area contributed by atoms with Crippen LogP contribution < -0.4 is 15.7 Å². The van der Waals surface area contributed by atoms with Crippen molar-refractivity contribution in [3.8, 4) is 5.75 Å². The third-order valence-electron chi connectivity index (χ3n) is 5.25. The van der Waals surface area contributed by atoms with Crippen molar-refractivity contribution < 1.29 is 23.5 Å². The van der Waals surface area contributed by atoms with Gasteiger partial charge in [0.2, 0.25) is 0 Å². The normalized spacial score (nSPS) is 11.7. The first-order valence-corrected chi connectivity index (χ1v) is 11.7. The molecule has 0 saturated heterocycles. The van der Waals surface area contributed by atoms with Crippen molar-refractivity contribution >= 4 is 34.6 Å². The third kappa shape index (κ3) is 6.84. The zero-order valence-electron chi connectivity index (χ0n) is 19.3. The van der Waals surface area contributed by atoms with E-state index in [4.69, 9.17) is 25.5 Å². The summed E-state index contributed by atoms with van der Waals surface area (Å²) in [6.07, 6.45) is 2.70. The van der Waals surface area contributed by atoms with E-state index in [1.54, 1.807) is 6.07 Å². The van der Waals surface area contributed by atoms with E-state index < -0.39 is 23.7 Å². The van der Waals surface area contributed by atoms with E-state index in [1.165, 1.54) is 12.1 Å². The summed E-state index contributed by atoms with van der Waals surface area (Å²) in [7, 11) is 0. The number of esters is 1. The molecule has 0 aliphatic heterocycles. The van der Waals surface area contributed by atoms with E-state index in [0.29, 0.717) is 24.6 Å². The number of nitrogens with one attached hydrogen (secondary N) is 1. The van der Waals surface area contributed by atoms with Gasteiger partial charge in [-0.2, -0.15) is 0 Å². The smallest absolute Gasteiger partial charge is 0.408 e. The van der Waals surface area contributed by atoms with Crippen LogP contribution in [0.5, 0.6) is 5.75 Å². The Hall–Kier alpha value is -3.32. The number of rotatable bonds is 10. The molecule has 8 heteroatoms. The van der Waals surface area contributed by atoms with Crippen LogP contribution in [-0.4, -0.2) is 18.1 Å². The second kappa shape index (κ2) is 12.2. The van der Waals surface area contributed by atoms with E-state index >= 15 is 0 Å². The SMILES string of the molecule is CCCCC(NC(=O)OCc1ccccc1)C(=O)Oc1cc2oc(=O)cc(CCC)c2cc1Cl. The van der Waals surface area contributed by atoms with Crippen LogP contribution in [0.3, 0.4) is 0 Å². The van der Waals surface area contributed by atoms with E-state index in [-0.39, 0.29) is 23.0 Å². The highest BCUT2D eigenvalue weighted by Gasteiger charge is 2.24. The molecule has 1 heterocycles. The summed E-state index contributed by atoms with van der Waals surface area (Å²) in [4.78, 5) is 37.2. The zero-order chi connectivity index (χ0) is 24.5. The number of hydrogen-bond donors (Lipinski definition) is 1. The van der Waals surface area contributed by atoms with Crippen molar-refractivity contribution in [2.75, 3.05) is 0 Å². The van der Waals surface area contributed by atoms with E-state index in [9.17, 15) is 14.4 Å². The Morgan fingerprint density at radius 3 is 2.56 bits per heavy atom. The molecule has 0 saturated carbocycles. The molecule has 1 aromatic heterocycles. The summed E-state index contributed by atoms with van der Waals surface area (Å²) in [5.41, 5.74) is 1.44. The van der Waals surface area contributed by atoms with Crippen molar-refractivity contribution in [2.24, 2.45) is 0 Å². The van der Waals surface area contributed by atoms with Gasteiger partial charge < -0.3 is 19.2 Å². The minimum atomic E-state index is -0.923. The molecular formula is C26H28ClNO6. The fraction of sp³-hybridized carbons (Fsp3) is 0.346. The van der Waals surface area contributed by atoms with E-state index in [1.807, 2.05) is 44.2 Å². The van der Waals surface area contributed by atoms with Gasteiger partial charge in [-0.25, -0.2) is 14.4 Å². The lowest BCUT2D eigenvalue weighted by Crippen LogP contribution is -2.43. The van der Waals surface area contributed by atoms with E-state index in [2.05, 4.69) is 5.32 Å². The van der Waals surface area contributed by atoms with Gasteiger partial charge in [-0.3, -0.25) is 0 Å². The average molecular weight is 486 g/mol. The number of carbonyl (C=O) groups is 2. The van der Waals surface area contributed by atoms with Crippen molar-refractivity contribution in [3.05, 3.63) is 75.1 Å². The van der Waals surface area contributed by atoms with Gasteiger partial charge in [0.25, 0.3) is 0 Å². The van der Waals surface area contributed by atoms with Crippen LogP contribution in [0.2, 0.25) is 5.02 Å². The highest BCUT2D eigenvalue weighted by atomic mass is 35.5. The summed E-state index contributed by atoms with van der Waals surface area (Å²) in [6, 6.07) is 12.8. The van der Waals surface area contributed by atoms with Gasteiger partial charge in [0.1, 0.15) is 18.2 Å². The number of unbranched alkanes of at least 4 members (excludes halogenated alkanes) is 1. The first kappa shape index (κ1) is 25.3. The Morgan fingerprint density at radius 2 is 1.85 bits per heavy atom. The number of ether oxygens (including phenoxy) is 2. The van der Waals surface area contributed by atoms with Crippen LogP contribution in [-0.2, 0) is 22.6 Å². The standard InChI is InChI=1S/C26H28ClNO6/c1-3-5-12-21(28-26(31)32-16-17-10-7-6-8-11-17)25(30)34-23-15-22-19(14-20(23)27)18(9-4-2)13-24(29)33-22/h6-8,10-11,13-15,21H,3-5,9,12,16H2,1-2H3,(H,28,31). The Labute approximate surface area is 203 Å². The fourth-order valence-corrected chi connectivity index (χ4v) is 3.73. The molecular weight excluding hydrogens is 458 g/mol. The van der Waals surface area contributed by atoms with Crippen LogP contribution in [0.1, 0.15) is 50.7 Å². The van der Waals surface area contributed by atoms with Gasteiger partial charge in [0, 0.05) is 17.5 Å². The van der Waals surface area contributed by atoms with Gasteiger partial charge in [-0.15, -0.1) is 0 Å². The number of carbonyl (C=O) groups excluding carboxylic acids is 2. The molecule has 0 bridgehead atoms. The van der Waals surface area contributed by atoms with Gasteiger partial charge in [-0.05, 0) is 30.0 Å². The highest BCUT2D eigenvalue weighted by molar-refractivity contribution is 6.33. The fourth-order valence-electron chi connectivity index (χ4n) is 3.53. The molecule has 34 heavy (non-hydrogen) atoms. The quantitative estimate of drug-likeness (QED) is 0.222. The maximum absolute atomic E-state index is 12.9.